The molecule has 1 aromatic carbocycles. The van der Waals surface area contributed by atoms with E-state index in [1.807, 2.05) is 45.9 Å². The highest BCUT2D eigenvalue weighted by atomic mass is 32.1. The van der Waals surface area contributed by atoms with Crippen LogP contribution in [0.25, 0.3) is 0 Å². The van der Waals surface area contributed by atoms with Crippen LogP contribution in [0.2, 0.25) is 0 Å². The van der Waals surface area contributed by atoms with Crippen molar-refractivity contribution in [1.82, 2.24) is 15.1 Å². The molecule has 2 aromatic rings. The van der Waals surface area contributed by atoms with Gasteiger partial charge in [-0.3, -0.25) is 14.5 Å². The number of aryl methyl sites for hydroxylation is 2. The van der Waals surface area contributed by atoms with E-state index < -0.39 is 0 Å². The zero-order chi connectivity index (χ0) is 21.0. The number of carbonyl (C=O) groups excluding carboxylic acids is 2. The Morgan fingerprint density at radius 2 is 1.83 bits per heavy atom. The SMILES string of the molecule is Cc1cccc(C)c1NC(=O)CN(CCC(=O)Nc1nnc(C(C)C)s1)C1CC1. The third kappa shape index (κ3) is 6.08. The lowest BCUT2D eigenvalue weighted by Crippen LogP contribution is -2.37. The Morgan fingerprint density at radius 1 is 1.14 bits per heavy atom. The van der Waals surface area contributed by atoms with Crippen LogP contribution in [0.3, 0.4) is 0 Å². The van der Waals surface area contributed by atoms with Crippen molar-refractivity contribution in [2.75, 3.05) is 23.7 Å². The number of rotatable bonds is 9. The maximum absolute atomic E-state index is 12.6. The number of benzene rings is 1. The van der Waals surface area contributed by atoms with Crippen LogP contribution in [0, 0.1) is 13.8 Å². The second kappa shape index (κ2) is 9.45. The molecule has 2 N–H and O–H groups in total. The highest BCUT2D eigenvalue weighted by Crippen LogP contribution is 2.27. The van der Waals surface area contributed by atoms with Gasteiger partial charge in [-0.25, -0.2) is 0 Å². The fourth-order valence-electron chi connectivity index (χ4n) is 3.15. The van der Waals surface area contributed by atoms with Gasteiger partial charge in [0.05, 0.1) is 6.54 Å². The monoisotopic (exact) mass is 415 g/mol. The fourth-order valence-corrected chi connectivity index (χ4v) is 3.91. The van der Waals surface area contributed by atoms with E-state index in [1.165, 1.54) is 11.3 Å². The minimum Gasteiger partial charge on any atom is -0.324 e. The van der Waals surface area contributed by atoms with Gasteiger partial charge < -0.3 is 10.6 Å². The average molecular weight is 416 g/mol. The highest BCUT2D eigenvalue weighted by Gasteiger charge is 2.30. The second-order valence-corrected chi connectivity index (χ2v) is 8.92. The van der Waals surface area contributed by atoms with E-state index in [-0.39, 0.29) is 11.8 Å². The maximum Gasteiger partial charge on any atom is 0.238 e. The summed E-state index contributed by atoms with van der Waals surface area (Å²) in [5, 5.41) is 15.4. The molecule has 1 aliphatic carbocycles. The van der Waals surface area contributed by atoms with Crippen LogP contribution in [0.5, 0.6) is 0 Å². The molecule has 8 heteroatoms. The van der Waals surface area contributed by atoms with Crippen molar-refractivity contribution < 1.29 is 9.59 Å². The fraction of sp³-hybridized carbons (Fsp3) is 0.524. The Bertz CT molecular complexity index is 855. The first kappa shape index (κ1) is 21.4. The van der Waals surface area contributed by atoms with E-state index in [1.54, 1.807) is 0 Å². The number of hydrogen-bond acceptors (Lipinski definition) is 6. The summed E-state index contributed by atoms with van der Waals surface area (Å²) >= 11 is 1.40. The number of hydrogen-bond donors (Lipinski definition) is 2. The first-order valence-electron chi connectivity index (χ1n) is 10.1. The quantitative estimate of drug-likeness (QED) is 0.652. The molecular weight excluding hydrogens is 386 g/mol. The predicted octanol–water partition coefficient (Wildman–Crippen LogP) is 3.71. The first-order valence-corrected chi connectivity index (χ1v) is 10.9. The largest absolute Gasteiger partial charge is 0.324 e. The van der Waals surface area contributed by atoms with Gasteiger partial charge in [0.2, 0.25) is 16.9 Å². The van der Waals surface area contributed by atoms with E-state index in [4.69, 9.17) is 0 Å². The van der Waals surface area contributed by atoms with Gasteiger partial charge in [0, 0.05) is 30.6 Å². The van der Waals surface area contributed by atoms with Gasteiger partial charge in [-0.05, 0) is 37.8 Å². The molecule has 7 nitrogen and oxygen atoms in total. The molecule has 0 spiro atoms. The van der Waals surface area contributed by atoms with Gasteiger partial charge in [0.15, 0.2) is 0 Å². The first-order chi connectivity index (χ1) is 13.8. The number of carbonyl (C=O) groups is 2. The minimum atomic E-state index is -0.0998. The van der Waals surface area contributed by atoms with Crippen LogP contribution in [0.15, 0.2) is 18.2 Å². The molecule has 0 saturated heterocycles. The Balaban J connectivity index is 1.51. The Hall–Kier alpha value is -2.32. The molecule has 0 aliphatic heterocycles. The predicted molar refractivity (Wildman–Crippen MR) is 116 cm³/mol. The van der Waals surface area contributed by atoms with Crippen LogP contribution < -0.4 is 10.6 Å². The van der Waals surface area contributed by atoms with Crippen molar-refractivity contribution in [3.8, 4) is 0 Å². The van der Waals surface area contributed by atoms with Crippen LogP contribution in [0.1, 0.15) is 55.2 Å². The third-order valence-electron chi connectivity index (χ3n) is 4.96. The second-order valence-electron chi connectivity index (χ2n) is 7.91. The van der Waals surface area contributed by atoms with Crippen LogP contribution >= 0.6 is 11.3 Å². The molecule has 0 atom stereocenters. The standard InChI is InChI=1S/C21H29N5O2S/c1-13(2)20-24-25-21(29-20)23-17(27)10-11-26(16-8-9-16)12-18(28)22-19-14(3)6-5-7-15(19)4/h5-7,13,16H,8-12H2,1-4H3,(H,22,28)(H,23,25,27). The lowest BCUT2D eigenvalue weighted by atomic mass is 10.1. The normalized spacial score (nSPS) is 13.7. The van der Waals surface area contributed by atoms with E-state index in [0.29, 0.717) is 36.6 Å². The summed E-state index contributed by atoms with van der Waals surface area (Å²) in [7, 11) is 0. The van der Waals surface area contributed by atoms with E-state index in [2.05, 4.69) is 25.7 Å². The maximum atomic E-state index is 12.6. The number of nitrogens with zero attached hydrogens (tertiary/aromatic N) is 3. The molecule has 1 fully saturated rings. The summed E-state index contributed by atoms with van der Waals surface area (Å²) in [6.45, 7) is 8.91. The summed E-state index contributed by atoms with van der Waals surface area (Å²) in [4.78, 5) is 27.0. The Labute approximate surface area is 175 Å². The summed E-state index contributed by atoms with van der Waals surface area (Å²) in [6.07, 6.45) is 2.47. The number of nitrogens with one attached hydrogen (secondary N) is 2. The van der Waals surface area contributed by atoms with Crippen LogP contribution in [0.4, 0.5) is 10.8 Å². The third-order valence-corrected chi connectivity index (χ3v) is 6.10. The molecule has 0 bridgehead atoms. The smallest absolute Gasteiger partial charge is 0.238 e. The van der Waals surface area contributed by atoms with E-state index in [9.17, 15) is 9.59 Å². The number of anilines is 2. The Morgan fingerprint density at radius 3 is 2.41 bits per heavy atom. The molecule has 1 aromatic heterocycles. The lowest BCUT2D eigenvalue weighted by molar-refractivity contribution is -0.119. The molecular formula is C21H29N5O2S. The van der Waals surface area contributed by atoms with Gasteiger partial charge >= 0.3 is 0 Å². The summed E-state index contributed by atoms with van der Waals surface area (Å²) < 4.78 is 0. The molecule has 1 saturated carbocycles. The molecule has 2 amide bonds. The molecule has 156 valence electrons. The minimum absolute atomic E-state index is 0.0413. The number of para-hydroxylation sites is 1. The van der Waals surface area contributed by atoms with Crippen molar-refractivity contribution in [2.45, 2.75) is 58.9 Å². The molecule has 1 heterocycles. The summed E-state index contributed by atoms with van der Waals surface area (Å²) in [5.41, 5.74) is 2.98. The molecule has 0 radical (unpaired) electrons. The van der Waals surface area contributed by atoms with E-state index >= 15 is 0 Å². The average Bonchev–Trinajstić information content (AvgIpc) is 3.40. The molecule has 29 heavy (non-hydrogen) atoms. The van der Waals surface area contributed by atoms with Gasteiger partial charge in [0.25, 0.3) is 0 Å². The van der Waals surface area contributed by atoms with Gasteiger partial charge in [0.1, 0.15) is 5.01 Å². The van der Waals surface area contributed by atoms with Crippen molar-refractivity contribution in [3.05, 3.63) is 34.3 Å². The molecule has 1 aliphatic rings. The topological polar surface area (TPSA) is 87.2 Å². The van der Waals surface area contributed by atoms with Crippen molar-refractivity contribution in [3.63, 3.8) is 0 Å². The zero-order valence-electron chi connectivity index (χ0n) is 17.5. The van der Waals surface area contributed by atoms with Crippen LogP contribution in [-0.2, 0) is 9.59 Å². The molecule has 0 unspecified atom stereocenters. The lowest BCUT2D eigenvalue weighted by Gasteiger charge is -2.21. The number of amides is 2. The van der Waals surface area contributed by atoms with Crippen molar-refractivity contribution >= 4 is 34.0 Å². The van der Waals surface area contributed by atoms with Crippen molar-refractivity contribution in [2.24, 2.45) is 0 Å². The van der Waals surface area contributed by atoms with Crippen LogP contribution in [-0.4, -0.2) is 46.0 Å². The van der Waals surface area contributed by atoms with Gasteiger partial charge in [-0.2, -0.15) is 0 Å². The van der Waals surface area contributed by atoms with Gasteiger partial charge in [-0.15, -0.1) is 10.2 Å². The summed E-state index contributed by atoms with van der Waals surface area (Å²) in [5.74, 6) is 0.150. The van der Waals surface area contributed by atoms with E-state index in [0.717, 1.165) is 34.7 Å². The highest BCUT2D eigenvalue weighted by molar-refractivity contribution is 7.15. The summed E-state index contributed by atoms with van der Waals surface area (Å²) in [6, 6.07) is 6.35. The molecule has 3 rings (SSSR count). The van der Waals surface area contributed by atoms with Crippen molar-refractivity contribution in [1.29, 1.82) is 0 Å². The number of aromatic nitrogens is 2. The Kier molecular flexibility index (Phi) is 6.97. The van der Waals surface area contributed by atoms with Gasteiger partial charge in [-0.1, -0.05) is 43.4 Å². The zero-order valence-corrected chi connectivity index (χ0v) is 18.3.